The van der Waals surface area contributed by atoms with Crippen molar-refractivity contribution in [3.05, 3.63) is 68.5 Å². The van der Waals surface area contributed by atoms with Gasteiger partial charge in [0.25, 0.3) is 0 Å². The van der Waals surface area contributed by atoms with Gasteiger partial charge in [-0.2, -0.15) is 11.3 Å². The molecule has 0 unspecified atom stereocenters. The molecule has 1 fully saturated rings. The highest BCUT2D eigenvalue weighted by Crippen LogP contribution is 2.24. The Labute approximate surface area is 193 Å². The maximum Gasteiger partial charge on any atom is 0.313 e. The molecule has 4 rings (SSSR count). The number of anilines is 2. The third kappa shape index (κ3) is 5.12. The van der Waals surface area contributed by atoms with Gasteiger partial charge in [0.1, 0.15) is 0 Å². The number of benzene rings is 1. The minimum atomic E-state index is -0.793. The van der Waals surface area contributed by atoms with Gasteiger partial charge in [-0.3, -0.25) is 19.2 Å². The average Bonchev–Trinajstić information content (AvgIpc) is 3.50. The molecule has 32 heavy (non-hydrogen) atoms. The fraction of sp³-hybridized carbons (Fsp3) is 0.217. The van der Waals surface area contributed by atoms with Crippen LogP contribution in [0.25, 0.3) is 0 Å². The third-order valence-corrected chi connectivity index (χ3v) is 6.80. The summed E-state index contributed by atoms with van der Waals surface area (Å²) in [7, 11) is 0. The van der Waals surface area contributed by atoms with Gasteiger partial charge in [-0.1, -0.05) is 6.07 Å². The Morgan fingerprint density at radius 2 is 1.91 bits per heavy atom. The molecule has 1 aromatic carbocycles. The topological polar surface area (TPSA) is 95.6 Å². The Balaban J connectivity index is 1.32. The van der Waals surface area contributed by atoms with Crippen LogP contribution in [0.5, 0.6) is 0 Å². The SMILES string of the molecule is O=C(NCc1ccc(C(=O)c2ccsc2)s1)C(=O)Nc1cccc(N2CCCCC2=O)c1. The summed E-state index contributed by atoms with van der Waals surface area (Å²) in [5, 5.41) is 8.80. The van der Waals surface area contributed by atoms with E-state index in [1.165, 1.54) is 22.7 Å². The van der Waals surface area contributed by atoms with Gasteiger partial charge in [0.2, 0.25) is 11.7 Å². The quantitative estimate of drug-likeness (QED) is 0.426. The van der Waals surface area contributed by atoms with Crippen LogP contribution in [-0.2, 0) is 20.9 Å². The van der Waals surface area contributed by atoms with Crippen molar-refractivity contribution in [1.82, 2.24) is 5.32 Å². The first-order valence-corrected chi connectivity index (χ1v) is 11.9. The number of rotatable bonds is 6. The van der Waals surface area contributed by atoms with E-state index in [1.54, 1.807) is 46.7 Å². The largest absolute Gasteiger partial charge is 0.343 e. The molecular formula is C23H21N3O4S2. The molecule has 1 aliphatic heterocycles. The number of carbonyl (C=O) groups excluding carboxylic acids is 4. The maximum absolute atomic E-state index is 12.4. The van der Waals surface area contributed by atoms with Crippen molar-refractivity contribution in [1.29, 1.82) is 0 Å². The fourth-order valence-corrected chi connectivity index (χ4v) is 4.94. The van der Waals surface area contributed by atoms with Crippen molar-refractivity contribution in [3.8, 4) is 0 Å². The van der Waals surface area contributed by atoms with Gasteiger partial charge >= 0.3 is 11.8 Å². The molecule has 2 aromatic heterocycles. The lowest BCUT2D eigenvalue weighted by atomic mass is 10.1. The lowest BCUT2D eigenvalue weighted by molar-refractivity contribution is -0.136. The predicted octanol–water partition coefficient (Wildman–Crippen LogP) is 3.81. The Kier molecular flexibility index (Phi) is 6.77. The van der Waals surface area contributed by atoms with Gasteiger partial charge in [0, 0.05) is 40.2 Å². The summed E-state index contributed by atoms with van der Waals surface area (Å²) >= 11 is 2.75. The molecule has 3 aromatic rings. The number of thiophene rings is 2. The summed E-state index contributed by atoms with van der Waals surface area (Å²) in [5.74, 6) is -1.56. The highest BCUT2D eigenvalue weighted by molar-refractivity contribution is 7.14. The molecule has 7 nitrogen and oxygen atoms in total. The van der Waals surface area contributed by atoms with Gasteiger partial charge in [0.15, 0.2) is 0 Å². The normalized spacial score (nSPS) is 13.6. The van der Waals surface area contributed by atoms with Gasteiger partial charge in [-0.15, -0.1) is 11.3 Å². The molecule has 0 bridgehead atoms. The van der Waals surface area contributed by atoms with Crippen molar-refractivity contribution in [2.45, 2.75) is 25.8 Å². The van der Waals surface area contributed by atoms with Crippen LogP contribution in [0.15, 0.2) is 53.2 Å². The van der Waals surface area contributed by atoms with Crippen LogP contribution in [-0.4, -0.2) is 30.0 Å². The van der Waals surface area contributed by atoms with Crippen LogP contribution < -0.4 is 15.5 Å². The number of hydrogen-bond donors (Lipinski definition) is 2. The van der Waals surface area contributed by atoms with Gasteiger partial charge in [-0.05, 0) is 54.6 Å². The molecule has 0 radical (unpaired) electrons. The highest BCUT2D eigenvalue weighted by atomic mass is 32.1. The van der Waals surface area contributed by atoms with Crippen LogP contribution in [0.4, 0.5) is 11.4 Å². The zero-order chi connectivity index (χ0) is 22.5. The Morgan fingerprint density at radius 1 is 1.03 bits per heavy atom. The van der Waals surface area contributed by atoms with E-state index in [0.717, 1.165) is 17.7 Å². The number of hydrogen-bond acceptors (Lipinski definition) is 6. The molecule has 3 heterocycles. The summed E-state index contributed by atoms with van der Waals surface area (Å²) in [6, 6.07) is 12.2. The summed E-state index contributed by atoms with van der Waals surface area (Å²) in [6.07, 6.45) is 2.34. The number of nitrogens with one attached hydrogen (secondary N) is 2. The summed E-state index contributed by atoms with van der Waals surface area (Å²) in [4.78, 5) is 52.1. The van der Waals surface area contributed by atoms with Crippen LogP contribution >= 0.6 is 22.7 Å². The van der Waals surface area contributed by atoms with E-state index in [0.29, 0.717) is 34.8 Å². The first kappa shape index (κ1) is 21.9. The van der Waals surface area contributed by atoms with Crippen LogP contribution in [0, 0.1) is 0 Å². The Hall–Kier alpha value is -3.30. The number of amides is 3. The molecule has 164 valence electrons. The number of nitrogens with zero attached hydrogens (tertiary/aromatic N) is 1. The van der Waals surface area contributed by atoms with E-state index >= 15 is 0 Å². The van der Waals surface area contributed by atoms with E-state index in [2.05, 4.69) is 10.6 Å². The van der Waals surface area contributed by atoms with E-state index < -0.39 is 11.8 Å². The zero-order valence-electron chi connectivity index (χ0n) is 17.1. The number of piperidine rings is 1. The Bertz CT molecular complexity index is 1150. The number of ketones is 1. The smallest absolute Gasteiger partial charge is 0.313 e. The lowest BCUT2D eigenvalue weighted by Crippen LogP contribution is -2.36. The molecule has 9 heteroatoms. The second-order valence-corrected chi connectivity index (χ2v) is 9.25. The van der Waals surface area contributed by atoms with Crippen molar-refractivity contribution in [2.24, 2.45) is 0 Å². The van der Waals surface area contributed by atoms with Gasteiger partial charge < -0.3 is 15.5 Å². The molecule has 0 spiro atoms. The number of carbonyl (C=O) groups is 4. The van der Waals surface area contributed by atoms with Crippen LogP contribution in [0.2, 0.25) is 0 Å². The minimum absolute atomic E-state index is 0.0568. The predicted molar refractivity (Wildman–Crippen MR) is 125 cm³/mol. The zero-order valence-corrected chi connectivity index (χ0v) is 18.8. The Morgan fingerprint density at radius 3 is 2.69 bits per heavy atom. The maximum atomic E-state index is 12.4. The molecule has 2 N–H and O–H groups in total. The second-order valence-electron chi connectivity index (χ2n) is 7.30. The average molecular weight is 468 g/mol. The summed E-state index contributed by atoms with van der Waals surface area (Å²) < 4.78 is 0. The molecular weight excluding hydrogens is 446 g/mol. The fourth-order valence-electron chi connectivity index (χ4n) is 3.40. The monoisotopic (exact) mass is 467 g/mol. The highest BCUT2D eigenvalue weighted by Gasteiger charge is 2.20. The third-order valence-electron chi connectivity index (χ3n) is 5.04. The van der Waals surface area contributed by atoms with Gasteiger partial charge in [-0.25, -0.2) is 0 Å². The summed E-state index contributed by atoms with van der Waals surface area (Å²) in [5.41, 5.74) is 1.79. The molecule has 1 aliphatic rings. The van der Waals surface area contributed by atoms with E-state index in [9.17, 15) is 19.2 Å². The molecule has 0 aliphatic carbocycles. The van der Waals surface area contributed by atoms with Crippen molar-refractivity contribution in [3.63, 3.8) is 0 Å². The second kappa shape index (κ2) is 9.88. The van der Waals surface area contributed by atoms with E-state index in [4.69, 9.17) is 0 Å². The molecule has 1 saturated heterocycles. The summed E-state index contributed by atoms with van der Waals surface area (Å²) in [6.45, 7) is 0.796. The molecule has 0 atom stereocenters. The lowest BCUT2D eigenvalue weighted by Gasteiger charge is -2.27. The molecule has 3 amide bonds. The van der Waals surface area contributed by atoms with E-state index in [1.807, 2.05) is 11.4 Å². The van der Waals surface area contributed by atoms with Crippen molar-refractivity contribution >= 4 is 57.6 Å². The minimum Gasteiger partial charge on any atom is -0.343 e. The van der Waals surface area contributed by atoms with Gasteiger partial charge in [0.05, 0.1) is 11.4 Å². The van der Waals surface area contributed by atoms with Crippen molar-refractivity contribution in [2.75, 3.05) is 16.8 Å². The first-order valence-electron chi connectivity index (χ1n) is 10.2. The van der Waals surface area contributed by atoms with Crippen molar-refractivity contribution < 1.29 is 19.2 Å². The first-order chi connectivity index (χ1) is 15.5. The van der Waals surface area contributed by atoms with Crippen LogP contribution in [0.1, 0.15) is 39.4 Å². The molecule has 0 saturated carbocycles. The standard InChI is InChI=1S/C23H21N3O4S2/c27-20-6-1-2-10-26(20)17-5-3-4-16(12-17)25-23(30)22(29)24-13-18-7-8-19(32-18)21(28)15-9-11-31-14-15/h3-5,7-9,11-12,14H,1-2,6,10,13H2,(H,24,29)(H,25,30). The van der Waals surface area contributed by atoms with Crippen LogP contribution in [0.3, 0.4) is 0 Å². The van der Waals surface area contributed by atoms with E-state index in [-0.39, 0.29) is 18.2 Å².